The van der Waals surface area contributed by atoms with Crippen LogP contribution >= 0.6 is 0 Å². The lowest BCUT2D eigenvalue weighted by atomic mass is 9.95. The van der Waals surface area contributed by atoms with E-state index in [1.807, 2.05) is 0 Å². The summed E-state index contributed by atoms with van der Waals surface area (Å²) in [5, 5.41) is 3.23. The molecular weight excluding hydrogens is 212 g/mol. The largest absolute Gasteiger partial charge is 0.496 e. The maximum atomic E-state index is 12.6. The minimum atomic E-state index is -2.42. The lowest BCUT2D eigenvalue weighted by molar-refractivity contribution is 0.151. The number of alkyl halides is 2. The number of methoxy groups -OCH3 is 1. The Morgan fingerprint density at radius 3 is 2.81 bits per heavy atom. The van der Waals surface area contributed by atoms with E-state index in [-0.39, 0.29) is 11.5 Å². The third-order valence-corrected chi connectivity index (χ3v) is 3.01. The Labute approximate surface area is 93.6 Å². The molecule has 0 aliphatic carbocycles. The number of hydrogen-bond donors (Lipinski definition) is 1. The number of hydrogen-bond acceptors (Lipinski definition) is 2. The fraction of sp³-hybridized carbons (Fsp3) is 0.500. The molecule has 1 saturated heterocycles. The van der Waals surface area contributed by atoms with Crippen molar-refractivity contribution in [3.8, 4) is 5.75 Å². The SMILES string of the molecule is COc1ccc(C(F)F)cc1C1CCNC1. The number of rotatable bonds is 3. The molecule has 1 aromatic rings. The van der Waals surface area contributed by atoms with Gasteiger partial charge in [0.1, 0.15) is 5.75 Å². The van der Waals surface area contributed by atoms with Crippen molar-refractivity contribution in [2.45, 2.75) is 18.8 Å². The first kappa shape index (κ1) is 11.3. The minimum Gasteiger partial charge on any atom is -0.496 e. The second-order valence-electron chi connectivity index (χ2n) is 3.99. The number of halogens is 2. The van der Waals surface area contributed by atoms with Crippen LogP contribution in [-0.4, -0.2) is 20.2 Å². The number of benzene rings is 1. The second kappa shape index (κ2) is 4.78. The average Bonchev–Trinajstić information content (AvgIpc) is 2.81. The Morgan fingerprint density at radius 2 is 2.25 bits per heavy atom. The van der Waals surface area contributed by atoms with Crippen LogP contribution in [-0.2, 0) is 0 Å². The summed E-state index contributed by atoms with van der Waals surface area (Å²) in [6, 6.07) is 4.63. The molecule has 0 spiro atoms. The van der Waals surface area contributed by atoms with Crippen LogP contribution in [0, 0.1) is 0 Å². The normalized spacial score (nSPS) is 20.4. The van der Waals surface area contributed by atoms with Gasteiger partial charge in [-0.2, -0.15) is 0 Å². The lowest BCUT2D eigenvalue weighted by Gasteiger charge is -2.15. The highest BCUT2D eigenvalue weighted by Crippen LogP contribution is 2.33. The molecule has 1 atom stereocenters. The molecule has 88 valence electrons. The first-order valence-electron chi connectivity index (χ1n) is 5.39. The second-order valence-corrected chi connectivity index (χ2v) is 3.99. The van der Waals surface area contributed by atoms with Crippen molar-refractivity contribution < 1.29 is 13.5 Å². The monoisotopic (exact) mass is 227 g/mol. The van der Waals surface area contributed by atoms with E-state index in [1.165, 1.54) is 6.07 Å². The highest BCUT2D eigenvalue weighted by molar-refractivity contribution is 5.40. The summed E-state index contributed by atoms with van der Waals surface area (Å²) in [7, 11) is 1.57. The van der Waals surface area contributed by atoms with Gasteiger partial charge in [-0.15, -0.1) is 0 Å². The molecule has 1 aliphatic heterocycles. The number of ether oxygens (including phenoxy) is 1. The van der Waals surface area contributed by atoms with Gasteiger partial charge in [0, 0.05) is 18.0 Å². The van der Waals surface area contributed by atoms with Gasteiger partial charge in [0.25, 0.3) is 6.43 Å². The molecule has 1 N–H and O–H groups in total. The zero-order valence-corrected chi connectivity index (χ0v) is 9.17. The van der Waals surface area contributed by atoms with E-state index in [0.29, 0.717) is 5.75 Å². The Kier molecular flexibility index (Phi) is 3.39. The van der Waals surface area contributed by atoms with Crippen molar-refractivity contribution in [2.75, 3.05) is 20.2 Å². The maximum Gasteiger partial charge on any atom is 0.263 e. The highest BCUT2D eigenvalue weighted by Gasteiger charge is 2.21. The van der Waals surface area contributed by atoms with Gasteiger partial charge in [-0.25, -0.2) is 8.78 Å². The van der Waals surface area contributed by atoms with Crippen LogP contribution in [0.1, 0.15) is 29.9 Å². The van der Waals surface area contributed by atoms with E-state index < -0.39 is 6.43 Å². The first-order chi connectivity index (χ1) is 7.72. The molecule has 2 rings (SSSR count). The highest BCUT2D eigenvalue weighted by atomic mass is 19.3. The summed E-state index contributed by atoms with van der Waals surface area (Å²) in [5.74, 6) is 0.992. The van der Waals surface area contributed by atoms with Crippen molar-refractivity contribution >= 4 is 0 Å². The van der Waals surface area contributed by atoms with Crippen LogP contribution in [0.4, 0.5) is 8.78 Å². The van der Waals surface area contributed by atoms with Gasteiger partial charge in [-0.3, -0.25) is 0 Å². The molecule has 1 heterocycles. The fourth-order valence-electron chi connectivity index (χ4n) is 2.13. The van der Waals surface area contributed by atoms with E-state index in [0.717, 1.165) is 25.1 Å². The van der Waals surface area contributed by atoms with Crippen LogP contribution in [0.5, 0.6) is 5.75 Å². The maximum absolute atomic E-state index is 12.6. The van der Waals surface area contributed by atoms with E-state index in [4.69, 9.17) is 4.74 Å². The molecular formula is C12H15F2NO. The molecule has 1 unspecified atom stereocenters. The van der Waals surface area contributed by atoms with Gasteiger partial charge in [-0.1, -0.05) is 0 Å². The zero-order chi connectivity index (χ0) is 11.5. The molecule has 16 heavy (non-hydrogen) atoms. The van der Waals surface area contributed by atoms with Crippen molar-refractivity contribution in [1.82, 2.24) is 5.32 Å². The van der Waals surface area contributed by atoms with Gasteiger partial charge >= 0.3 is 0 Å². The van der Waals surface area contributed by atoms with Crippen molar-refractivity contribution in [3.63, 3.8) is 0 Å². The standard InChI is InChI=1S/C12H15F2NO/c1-16-11-3-2-8(12(13)14)6-10(11)9-4-5-15-7-9/h2-3,6,9,12,15H,4-5,7H2,1H3. The molecule has 1 aliphatic rings. The Bertz CT molecular complexity index is 362. The van der Waals surface area contributed by atoms with E-state index in [2.05, 4.69) is 5.32 Å². The lowest BCUT2D eigenvalue weighted by Crippen LogP contribution is -2.09. The van der Waals surface area contributed by atoms with Crippen LogP contribution in [0.25, 0.3) is 0 Å². The Morgan fingerprint density at radius 1 is 1.44 bits per heavy atom. The molecule has 4 heteroatoms. The van der Waals surface area contributed by atoms with E-state index in [1.54, 1.807) is 19.2 Å². The molecule has 1 aromatic carbocycles. The molecule has 0 amide bonds. The predicted octanol–water partition coefficient (Wildman–Crippen LogP) is 2.71. The van der Waals surface area contributed by atoms with Crippen LogP contribution in [0.3, 0.4) is 0 Å². The van der Waals surface area contributed by atoms with E-state index >= 15 is 0 Å². The Hall–Kier alpha value is -1.16. The third kappa shape index (κ3) is 2.16. The van der Waals surface area contributed by atoms with Gasteiger partial charge in [-0.05, 0) is 36.7 Å². The molecule has 0 aromatic heterocycles. The van der Waals surface area contributed by atoms with Gasteiger partial charge in [0.05, 0.1) is 7.11 Å². The van der Waals surface area contributed by atoms with E-state index in [9.17, 15) is 8.78 Å². The smallest absolute Gasteiger partial charge is 0.263 e. The van der Waals surface area contributed by atoms with Crippen LogP contribution < -0.4 is 10.1 Å². The van der Waals surface area contributed by atoms with Gasteiger partial charge < -0.3 is 10.1 Å². The average molecular weight is 227 g/mol. The first-order valence-corrected chi connectivity index (χ1v) is 5.39. The Balaban J connectivity index is 2.34. The summed E-state index contributed by atoms with van der Waals surface area (Å²) < 4.78 is 30.4. The van der Waals surface area contributed by atoms with Crippen molar-refractivity contribution in [2.24, 2.45) is 0 Å². The summed E-state index contributed by atoms with van der Waals surface area (Å²) in [5.41, 5.74) is 0.966. The molecule has 2 nitrogen and oxygen atoms in total. The summed E-state index contributed by atoms with van der Waals surface area (Å²) in [4.78, 5) is 0. The van der Waals surface area contributed by atoms with Gasteiger partial charge in [0.15, 0.2) is 0 Å². The number of nitrogens with one attached hydrogen (secondary N) is 1. The molecule has 0 radical (unpaired) electrons. The topological polar surface area (TPSA) is 21.3 Å². The minimum absolute atomic E-state index is 0.0719. The van der Waals surface area contributed by atoms with Crippen LogP contribution in [0.2, 0.25) is 0 Å². The fourth-order valence-corrected chi connectivity index (χ4v) is 2.13. The van der Waals surface area contributed by atoms with Crippen molar-refractivity contribution in [1.29, 1.82) is 0 Å². The van der Waals surface area contributed by atoms with Gasteiger partial charge in [0.2, 0.25) is 0 Å². The predicted molar refractivity (Wildman–Crippen MR) is 58.2 cm³/mol. The molecule has 1 fully saturated rings. The van der Waals surface area contributed by atoms with Crippen molar-refractivity contribution in [3.05, 3.63) is 29.3 Å². The summed E-state index contributed by atoms with van der Waals surface area (Å²) >= 11 is 0. The summed E-state index contributed by atoms with van der Waals surface area (Å²) in [6.07, 6.45) is -1.44. The third-order valence-electron chi connectivity index (χ3n) is 3.01. The quantitative estimate of drug-likeness (QED) is 0.857. The van der Waals surface area contributed by atoms with Crippen LogP contribution in [0.15, 0.2) is 18.2 Å². The summed E-state index contributed by atoms with van der Waals surface area (Å²) in [6.45, 7) is 1.77. The zero-order valence-electron chi connectivity index (χ0n) is 9.17. The molecule has 0 saturated carbocycles. The molecule has 0 bridgehead atoms.